The molecule has 0 saturated carbocycles. The van der Waals surface area contributed by atoms with E-state index in [1.165, 1.54) is 9.75 Å². The molecule has 5 heteroatoms. The Labute approximate surface area is 96.9 Å². The van der Waals surface area contributed by atoms with Crippen molar-refractivity contribution in [3.05, 3.63) is 38.5 Å². The molecule has 0 fully saturated rings. The summed E-state index contributed by atoms with van der Waals surface area (Å²) in [6.45, 7) is 2.02. The van der Waals surface area contributed by atoms with Crippen molar-refractivity contribution in [2.24, 2.45) is 5.84 Å². The maximum absolute atomic E-state index is 5.58. The smallest absolute Gasteiger partial charge is 0.0798 e. The van der Waals surface area contributed by atoms with Gasteiger partial charge in [-0.05, 0) is 18.4 Å². The molecule has 3 nitrogen and oxygen atoms in total. The molecule has 80 valence electrons. The summed E-state index contributed by atoms with van der Waals surface area (Å²) in [5, 5.41) is 2.09. The lowest BCUT2D eigenvalue weighted by atomic mass is 10.1. The van der Waals surface area contributed by atoms with Crippen molar-refractivity contribution in [1.82, 2.24) is 10.4 Å². The van der Waals surface area contributed by atoms with Gasteiger partial charge in [-0.25, -0.2) is 4.98 Å². The van der Waals surface area contributed by atoms with Gasteiger partial charge in [-0.3, -0.25) is 11.3 Å². The second kappa shape index (κ2) is 4.85. The van der Waals surface area contributed by atoms with Gasteiger partial charge in [0.2, 0.25) is 0 Å². The molecular formula is C10H13N3S2. The second-order valence-electron chi connectivity index (χ2n) is 3.30. The third kappa shape index (κ3) is 2.43. The number of rotatable bonds is 4. The quantitative estimate of drug-likeness (QED) is 0.635. The average molecular weight is 239 g/mol. The number of nitrogens with two attached hydrogens (primary N) is 1. The van der Waals surface area contributed by atoms with E-state index in [4.69, 9.17) is 5.84 Å². The van der Waals surface area contributed by atoms with Gasteiger partial charge in [0.1, 0.15) is 0 Å². The van der Waals surface area contributed by atoms with Crippen LogP contribution in [0.25, 0.3) is 0 Å². The van der Waals surface area contributed by atoms with Gasteiger partial charge in [0, 0.05) is 16.2 Å². The van der Waals surface area contributed by atoms with E-state index in [2.05, 4.69) is 27.9 Å². The van der Waals surface area contributed by atoms with E-state index in [0.717, 1.165) is 12.1 Å². The second-order valence-corrected chi connectivity index (χ2v) is 5.22. The molecule has 0 radical (unpaired) electrons. The number of thiazole rings is 1. The molecule has 0 aliphatic rings. The predicted molar refractivity (Wildman–Crippen MR) is 64.9 cm³/mol. The van der Waals surface area contributed by atoms with Crippen LogP contribution in [0.4, 0.5) is 0 Å². The van der Waals surface area contributed by atoms with Crippen molar-refractivity contribution in [3.8, 4) is 0 Å². The minimum Gasteiger partial charge on any atom is -0.271 e. The topological polar surface area (TPSA) is 50.9 Å². The van der Waals surface area contributed by atoms with E-state index in [-0.39, 0.29) is 6.04 Å². The van der Waals surface area contributed by atoms with E-state index >= 15 is 0 Å². The lowest BCUT2D eigenvalue weighted by Crippen LogP contribution is -2.29. The Balaban J connectivity index is 2.15. The highest BCUT2D eigenvalue weighted by Crippen LogP contribution is 2.25. The summed E-state index contributed by atoms with van der Waals surface area (Å²) in [6.07, 6.45) is 0.928. The van der Waals surface area contributed by atoms with Crippen LogP contribution in [-0.4, -0.2) is 4.98 Å². The fraction of sp³-hybridized carbons (Fsp3) is 0.300. The number of hydrogen-bond donors (Lipinski definition) is 2. The first-order valence-corrected chi connectivity index (χ1v) is 6.45. The number of nitrogens with one attached hydrogen (secondary N) is 1. The zero-order valence-corrected chi connectivity index (χ0v) is 10.1. The number of thiophene rings is 1. The summed E-state index contributed by atoms with van der Waals surface area (Å²) >= 11 is 3.41. The first-order valence-electron chi connectivity index (χ1n) is 4.69. The molecule has 3 N–H and O–H groups in total. The lowest BCUT2D eigenvalue weighted by Gasteiger charge is -2.13. The van der Waals surface area contributed by atoms with Crippen molar-refractivity contribution >= 4 is 22.7 Å². The van der Waals surface area contributed by atoms with Gasteiger partial charge < -0.3 is 0 Å². The van der Waals surface area contributed by atoms with E-state index in [9.17, 15) is 0 Å². The largest absolute Gasteiger partial charge is 0.271 e. The molecule has 1 atom stereocenters. The zero-order valence-electron chi connectivity index (χ0n) is 8.43. The summed E-state index contributed by atoms with van der Waals surface area (Å²) in [5.41, 5.74) is 5.79. The highest BCUT2D eigenvalue weighted by Gasteiger charge is 2.15. The lowest BCUT2D eigenvalue weighted by molar-refractivity contribution is 0.561. The van der Waals surface area contributed by atoms with Crippen LogP contribution in [-0.2, 0) is 6.42 Å². The van der Waals surface area contributed by atoms with Gasteiger partial charge in [0.15, 0.2) is 0 Å². The Bertz CT molecular complexity index is 408. The third-order valence-electron chi connectivity index (χ3n) is 2.29. The van der Waals surface area contributed by atoms with Crippen molar-refractivity contribution in [2.75, 3.05) is 0 Å². The van der Waals surface area contributed by atoms with Gasteiger partial charge >= 0.3 is 0 Å². The normalized spacial score (nSPS) is 12.9. The van der Waals surface area contributed by atoms with E-state index in [1.807, 2.05) is 12.4 Å². The minimum absolute atomic E-state index is 0.177. The summed E-state index contributed by atoms with van der Waals surface area (Å²) in [4.78, 5) is 6.81. The van der Waals surface area contributed by atoms with Gasteiger partial charge in [-0.1, -0.05) is 6.07 Å². The number of nitrogens with zero attached hydrogens (tertiary/aromatic N) is 1. The van der Waals surface area contributed by atoms with Gasteiger partial charge in [-0.2, -0.15) is 0 Å². The Morgan fingerprint density at radius 1 is 1.53 bits per heavy atom. The number of hydrogen-bond acceptors (Lipinski definition) is 5. The van der Waals surface area contributed by atoms with Crippen LogP contribution >= 0.6 is 22.7 Å². The molecule has 2 heterocycles. The van der Waals surface area contributed by atoms with E-state index in [1.54, 1.807) is 22.7 Å². The minimum atomic E-state index is 0.177. The highest BCUT2D eigenvalue weighted by atomic mass is 32.1. The van der Waals surface area contributed by atoms with Gasteiger partial charge in [-0.15, -0.1) is 22.7 Å². The van der Waals surface area contributed by atoms with Crippen LogP contribution in [0.15, 0.2) is 23.0 Å². The van der Waals surface area contributed by atoms with Crippen LogP contribution < -0.4 is 11.3 Å². The molecule has 2 rings (SSSR count). The first kappa shape index (κ1) is 10.8. The standard InChI is InChI=1S/C10H13N3S2/c1-7-10(15-6-12-7)9(13-11)5-8-3-2-4-14-8/h2-4,6,9,13H,5,11H2,1H3. The molecular weight excluding hydrogens is 226 g/mol. The average Bonchev–Trinajstić information content (AvgIpc) is 2.85. The Morgan fingerprint density at radius 3 is 2.93 bits per heavy atom. The van der Waals surface area contributed by atoms with Crippen LogP contribution in [0, 0.1) is 6.92 Å². The Hall–Kier alpha value is -0.750. The van der Waals surface area contributed by atoms with Crippen molar-refractivity contribution in [2.45, 2.75) is 19.4 Å². The molecule has 0 saturated heterocycles. The van der Waals surface area contributed by atoms with Crippen LogP contribution in [0.1, 0.15) is 21.5 Å². The van der Waals surface area contributed by atoms with E-state index < -0.39 is 0 Å². The summed E-state index contributed by atoms with van der Waals surface area (Å²) < 4.78 is 0. The van der Waals surface area contributed by atoms with Crippen LogP contribution in [0.2, 0.25) is 0 Å². The van der Waals surface area contributed by atoms with Crippen molar-refractivity contribution in [1.29, 1.82) is 0 Å². The fourth-order valence-corrected chi connectivity index (χ4v) is 3.12. The van der Waals surface area contributed by atoms with Gasteiger partial charge in [0.25, 0.3) is 0 Å². The van der Waals surface area contributed by atoms with Crippen LogP contribution in [0.5, 0.6) is 0 Å². The maximum atomic E-state index is 5.58. The van der Waals surface area contributed by atoms with Gasteiger partial charge in [0.05, 0.1) is 17.2 Å². The molecule has 0 amide bonds. The van der Waals surface area contributed by atoms with Crippen LogP contribution in [0.3, 0.4) is 0 Å². The molecule has 2 aromatic rings. The summed E-state index contributed by atoms with van der Waals surface area (Å²) in [6, 6.07) is 4.37. The third-order valence-corrected chi connectivity index (χ3v) is 4.23. The zero-order chi connectivity index (χ0) is 10.7. The molecule has 2 aromatic heterocycles. The number of aromatic nitrogens is 1. The molecule has 1 unspecified atom stereocenters. The molecule has 0 aliphatic heterocycles. The van der Waals surface area contributed by atoms with E-state index in [0.29, 0.717) is 0 Å². The van der Waals surface area contributed by atoms with Crippen molar-refractivity contribution in [3.63, 3.8) is 0 Å². The number of hydrazine groups is 1. The molecule has 15 heavy (non-hydrogen) atoms. The molecule has 0 aliphatic carbocycles. The predicted octanol–water partition coefficient (Wildman–Crippen LogP) is 2.26. The molecule has 0 aromatic carbocycles. The maximum Gasteiger partial charge on any atom is 0.0798 e. The Kier molecular flexibility index (Phi) is 3.48. The molecule has 0 bridgehead atoms. The highest BCUT2D eigenvalue weighted by molar-refractivity contribution is 7.10. The first-order chi connectivity index (χ1) is 7.31. The molecule has 0 spiro atoms. The fourth-order valence-electron chi connectivity index (χ4n) is 1.50. The monoisotopic (exact) mass is 239 g/mol. The summed E-state index contributed by atoms with van der Waals surface area (Å²) in [5.74, 6) is 5.58. The summed E-state index contributed by atoms with van der Waals surface area (Å²) in [7, 11) is 0. The van der Waals surface area contributed by atoms with Crippen molar-refractivity contribution < 1.29 is 0 Å². The number of aryl methyl sites for hydroxylation is 1. The SMILES string of the molecule is Cc1ncsc1C(Cc1cccs1)NN. The Morgan fingerprint density at radius 2 is 2.40 bits per heavy atom.